The number of aliphatic hydroxyl groups is 1. The Balaban J connectivity index is 1.53. The van der Waals surface area contributed by atoms with Crippen LogP contribution in [0.25, 0.3) is 0 Å². The van der Waals surface area contributed by atoms with E-state index in [1.54, 1.807) is 0 Å². The number of rotatable bonds is 10. The number of hydrogen-bond acceptors (Lipinski definition) is 5. The van der Waals surface area contributed by atoms with Crippen LogP contribution in [0.2, 0.25) is 0 Å². The van der Waals surface area contributed by atoms with E-state index in [0.29, 0.717) is 25.2 Å². The molecule has 1 saturated heterocycles. The largest absolute Gasteiger partial charge is 0.368 e. The van der Waals surface area contributed by atoms with Crippen molar-refractivity contribution in [3.63, 3.8) is 0 Å². The highest BCUT2D eigenvalue weighted by Gasteiger charge is 2.47. The molecule has 5 atom stereocenters. The third-order valence-electron chi connectivity index (χ3n) is 5.62. The van der Waals surface area contributed by atoms with Gasteiger partial charge in [0, 0.05) is 5.33 Å². The van der Waals surface area contributed by atoms with Crippen molar-refractivity contribution in [2.75, 3.05) is 5.33 Å². The van der Waals surface area contributed by atoms with Gasteiger partial charge in [-0.15, -0.1) is 0 Å². The molecule has 4 rings (SSSR count). The molecule has 1 aliphatic rings. The monoisotopic (exact) mass is 512 g/mol. The van der Waals surface area contributed by atoms with Gasteiger partial charge < -0.3 is 24.1 Å². The lowest BCUT2D eigenvalue weighted by Crippen LogP contribution is -2.60. The fourth-order valence-electron chi connectivity index (χ4n) is 3.89. The first-order chi connectivity index (χ1) is 16.2. The molecule has 33 heavy (non-hydrogen) atoms. The standard InChI is InChI=1S/C27H29BrO5/c28-16-23-24(30-17-20-10-4-1-5-11-20)25(31-18-21-12-6-2-7-13-21)26(27(29)33-23)32-19-22-14-8-3-9-15-22/h1-15,23-27,29H,16-19H2/t23-,24+,25+,26-,27-/m1/s1. The fourth-order valence-corrected chi connectivity index (χ4v) is 4.41. The molecule has 5 nitrogen and oxygen atoms in total. The molecule has 0 radical (unpaired) electrons. The molecule has 1 fully saturated rings. The molecule has 1 N–H and O–H groups in total. The highest BCUT2D eigenvalue weighted by molar-refractivity contribution is 9.09. The third-order valence-corrected chi connectivity index (χ3v) is 6.26. The van der Waals surface area contributed by atoms with E-state index in [1.807, 2.05) is 91.0 Å². The lowest BCUT2D eigenvalue weighted by atomic mass is 9.98. The van der Waals surface area contributed by atoms with Gasteiger partial charge in [0.05, 0.1) is 25.9 Å². The molecule has 0 aliphatic carbocycles. The lowest BCUT2D eigenvalue weighted by Gasteiger charge is -2.44. The second-order valence-electron chi connectivity index (χ2n) is 8.00. The predicted octanol–water partition coefficient (Wildman–Crippen LogP) is 4.85. The van der Waals surface area contributed by atoms with Gasteiger partial charge in [0.15, 0.2) is 6.29 Å². The van der Waals surface area contributed by atoms with E-state index in [4.69, 9.17) is 18.9 Å². The second kappa shape index (κ2) is 12.4. The first kappa shape index (κ1) is 24.1. The predicted molar refractivity (Wildman–Crippen MR) is 130 cm³/mol. The Morgan fingerprint density at radius 2 is 1.00 bits per heavy atom. The Morgan fingerprint density at radius 1 is 0.606 bits per heavy atom. The summed E-state index contributed by atoms with van der Waals surface area (Å²) in [5, 5.41) is 11.3. The van der Waals surface area contributed by atoms with Gasteiger partial charge in [-0.2, -0.15) is 0 Å². The summed E-state index contributed by atoms with van der Waals surface area (Å²) in [7, 11) is 0. The molecular formula is C27H29BrO5. The molecule has 0 bridgehead atoms. The van der Waals surface area contributed by atoms with Crippen LogP contribution in [-0.4, -0.2) is 41.1 Å². The van der Waals surface area contributed by atoms with E-state index in [1.165, 1.54) is 0 Å². The SMILES string of the molecule is O[C@@H]1O[C@H](CBr)[C@H](OCc2ccccc2)[C@H](OCc2ccccc2)[C@H]1OCc1ccccc1. The van der Waals surface area contributed by atoms with Crippen molar-refractivity contribution in [2.24, 2.45) is 0 Å². The molecule has 0 amide bonds. The van der Waals surface area contributed by atoms with E-state index in [9.17, 15) is 5.11 Å². The van der Waals surface area contributed by atoms with Crippen molar-refractivity contribution < 1.29 is 24.1 Å². The van der Waals surface area contributed by atoms with Gasteiger partial charge in [0.2, 0.25) is 0 Å². The van der Waals surface area contributed by atoms with E-state index >= 15 is 0 Å². The minimum atomic E-state index is -1.13. The molecule has 6 heteroatoms. The lowest BCUT2D eigenvalue weighted by molar-refractivity contribution is -0.307. The molecule has 1 heterocycles. The molecular weight excluding hydrogens is 484 g/mol. The van der Waals surface area contributed by atoms with Crippen LogP contribution in [0.5, 0.6) is 0 Å². The Bertz CT molecular complexity index is 941. The zero-order valence-electron chi connectivity index (χ0n) is 18.3. The number of halogens is 1. The quantitative estimate of drug-likeness (QED) is 0.393. The Morgan fingerprint density at radius 3 is 1.42 bits per heavy atom. The van der Waals surface area contributed by atoms with Crippen molar-refractivity contribution in [1.29, 1.82) is 0 Å². The van der Waals surface area contributed by atoms with Crippen molar-refractivity contribution >= 4 is 15.9 Å². The van der Waals surface area contributed by atoms with Gasteiger partial charge in [-0.1, -0.05) is 107 Å². The van der Waals surface area contributed by atoms with Gasteiger partial charge in [-0.25, -0.2) is 0 Å². The van der Waals surface area contributed by atoms with Gasteiger partial charge >= 0.3 is 0 Å². The minimum Gasteiger partial charge on any atom is -0.368 e. The Kier molecular flexibility index (Phi) is 9.06. The molecule has 0 unspecified atom stereocenters. The van der Waals surface area contributed by atoms with Crippen molar-refractivity contribution in [3.05, 3.63) is 108 Å². The normalized spacial score (nSPS) is 25.1. The fraction of sp³-hybridized carbons (Fsp3) is 0.333. The van der Waals surface area contributed by atoms with Crippen molar-refractivity contribution in [1.82, 2.24) is 0 Å². The van der Waals surface area contributed by atoms with Gasteiger partial charge in [-0.05, 0) is 16.7 Å². The average Bonchev–Trinajstić information content (AvgIpc) is 2.87. The maximum absolute atomic E-state index is 10.8. The van der Waals surface area contributed by atoms with Crippen LogP contribution >= 0.6 is 15.9 Å². The molecule has 0 saturated carbocycles. The van der Waals surface area contributed by atoms with Crippen LogP contribution in [0, 0.1) is 0 Å². The first-order valence-corrected chi connectivity index (χ1v) is 12.2. The van der Waals surface area contributed by atoms with Crippen LogP contribution < -0.4 is 0 Å². The molecule has 3 aromatic rings. The van der Waals surface area contributed by atoms with Crippen molar-refractivity contribution in [3.8, 4) is 0 Å². The summed E-state index contributed by atoms with van der Waals surface area (Å²) < 4.78 is 24.8. The summed E-state index contributed by atoms with van der Waals surface area (Å²) in [5.41, 5.74) is 3.11. The Hall–Kier alpha value is -2.06. The maximum atomic E-state index is 10.8. The summed E-state index contributed by atoms with van der Waals surface area (Å²) in [6.07, 6.45) is -3.18. The molecule has 1 aliphatic heterocycles. The number of benzene rings is 3. The number of ether oxygens (including phenoxy) is 4. The summed E-state index contributed by atoms with van der Waals surface area (Å²) in [6, 6.07) is 29.8. The summed E-state index contributed by atoms with van der Waals surface area (Å²) >= 11 is 3.51. The summed E-state index contributed by atoms with van der Waals surface area (Å²) in [5.74, 6) is 0. The van der Waals surface area contributed by atoms with Crippen LogP contribution in [0.15, 0.2) is 91.0 Å². The number of alkyl halides is 1. The minimum absolute atomic E-state index is 0.335. The smallest absolute Gasteiger partial charge is 0.184 e. The average molecular weight is 513 g/mol. The van der Waals surface area contributed by atoms with E-state index in [-0.39, 0.29) is 6.10 Å². The van der Waals surface area contributed by atoms with E-state index in [2.05, 4.69) is 15.9 Å². The second-order valence-corrected chi connectivity index (χ2v) is 8.65. The van der Waals surface area contributed by atoms with Crippen molar-refractivity contribution in [2.45, 2.75) is 50.5 Å². The number of hydrogen-bond donors (Lipinski definition) is 1. The summed E-state index contributed by atoms with van der Waals surface area (Å²) in [6.45, 7) is 1.12. The third kappa shape index (κ3) is 6.73. The first-order valence-electron chi connectivity index (χ1n) is 11.1. The maximum Gasteiger partial charge on any atom is 0.184 e. The van der Waals surface area contributed by atoms with Gasteiger partial charge in [0.1, 0.15) is 18.3 Å². The molecule has 3 aromatic carbocycles. The number of aliphatic hydroxyl groups excluding tert-OH is 1. The highest BCUT2D eigenvalue weighted by atomic mass is 79.9. The Labute approximate surface area is 203 Å². The molecule has 0 spiro atoms. The highest BCUT2D eigenvalue weighted by Crippen LogP contribution is 2.30. The zero-order valence-corrected chi connectivity index (χ0v) is 19.9. The van der Waals surface area contributed by atoms with E-state index < -0.39 is 24.6 Å². The van der Waals surface area contributed by atoms with Gasteiger partial charge in [-0.3, -0.25) is 0 Å². The van der Waals surface area contributed by atoms with Crippen LogP contribution in [0.4, 0.5) is 0 Å². The van der Waals surface area contributed by atoms with E-state index in [0.717, 1.165) is 16.7 Å². The zero-order chi connectivity index (χ0) is 22.9. The topological polar surface area (TPSA) is 57.2 Å². The summed E-state index contributed by atoms with van der Waals surface area (Å²) in [4.78, 5) is 0. The van der Waals surface area contributed by atoms with Crippen LogP contribution in [0.3, 0.4) is 0 Å². The van der Waals surface area contributed by atoms with Crippen LogP contribution in [-0.2, 0) is 38.8 Å². The molecule has 174 valence electrons. The van der Waals surface area contributed by atoms with Crippen LogP contribution in [0.1, 0.15) is 16.7 Å². The van der Waals surface area contributed by atoms with Gasteiger partial charge in [0.25, 0.3) is 0 Å². The molecule has 0 aromatic heterocycles.